The molecule has 0 aliphatic carbocycles. The molecule has 0 radical (unpaired) electrons. The molecule has 43 heavy (non-hydrogen) atoms. The molecule has 6 rings (SSSR count). The van der Waals surface area contributed by atoms with Crippen LogP contribution < -0.4 is 19.8 Å². The van der Waals surface area contributed by atoms with Gasteiger partial charge in [0.2, 0.25) is 17.7 Å². The lowest BCUT2D eigenvalue weighted by Crippen LogP contribution is -2.33. The number of carbonyl (C=O) groups is 3. The van der Waals surface area contributed by atoms with Gasteiger partial charge in [-0.2, -0.15) is 13.2 Å². The van der Waals surface area contributed by atoms with E-state index in [1.165, 1.54) is 19.2 Å². The van der Waals surface area contributed by atoms with E-state index in [-0.39, 0.29) is 0 Å². The number of amides is 3. The zero-order valence-electron chi connectivity index (χ0n) is 22.2. The zero-order valence-corrected chi connectivity index (χ0v) is 23.8. The summed E-state index contributed by atoms with van der Waals surface area (Å²) < 4.78 is 46.7. The van der Waals surface area contributed by atoms with Crippen molar-refractivity contribution in [3.63, 3.8) is 0 Å². The van der Waals surface area contributed by atoms with Crippen LogP contribution in [-0.2, 0) is 27.1 Å². The number of thiazole rings is 1. The summed E-state index contributed by atoms with van der Waals surface area (Å²) in [7, 11) is 1.50. The Bertz CT molecular complexity index is 1790. The first kappa shape index (κ1) is 28.7. The summed E-state index contributed by atoms with van der Waals surface area (Å²) in [5.41, 5.74) is -0.497. The first-order valence-electron chi connectivity index (χ1n) is 12.9. The first-order valence-corrected chi connectivity index (χ1v) is 14.6. The second kappa shape index (κ2) is 11.0. The Kier molecular flexibility index (Phi) is 7.34. The highest BCUT2D eigenvalue weighted by Crippen LogP contribution is 2.53. The van der Waals surface area contributed by atoms with Gasteiger partial charge in [-0.1, -0.05) is 41.3 Å². The largest absolute Gasteiger partial charge is 0.497 e. The molecule has 3 amide bonds. The predicted octanol–water partition coefficient (Wildman–Crippen LogP) is 4.77. The molecule has 2 aliphatic heterocycles. The van der Waals surface area contributed by atoms with Crippen LogP contribution in [-0.4, -0.2) is 39.6 Å². The van der Waals surface area contributed by atoms with Gasteiger partial charge in [0.05, 0.1) is 35.0 Å². The predicted molar refractivity (Wildman–Crippen MR) is 153 cm³/mol. The molecule has 3 atom stereocenters. The molecule has 0 bridgehead atoms. The van der Waals surface area contributed by atoms with E-state index in [2.05, 4.69) is 10.3 Å². The Morgan fingerprint density at radius 3 is 2.44 bits per heavy atom. The molecule has 0 spiro atoms. The molecule has 14 heteroatoms. The van der Waals surface area contributed by atoms with Gasteiger partial charge >= 0.3 is 11.0 Å². The van der Waals surface area contributed by atoms with E-state index in [0.717, 1.165) is 44.7 Å². The third-order valence-electron chi connectivity index (χ3n) is 7.23. The van der Waals surface area contributed by atoms with E-state index in [4.69, 9.17) is 4.74 Å². The number of rotatable bonds is 6. The number of anilines is 2. The fraction of sp³-hybridized carbons (Fsp3) is 0.207. The summed E-state index contributed by atoms with van der Waals surface area (Å²) in [6, 6.07) is 14.4. The molecule has 1 saturated heterocycles. The number of imide groups is 1. The minimum Gasteiger partial charge on any atom is -0.497 e. The number of benzene rings is 2. The second-order valence-corrected chi connectivity index (χ2v) is 11.9. The molecule has 4 aromatic rings. The second-order valence-electron chi connectivity index (χ2n) is 9.75. The van der Waals surface area contributed by atoms with Crippen molar-refractivity contribution in [1.29, 1.82) is 0 Å². The summed E-state index contributed by atoms with van der Waals surface area (Å²) in [6.45, 7) is -0.592. The Hall–Kier alpha value is -4.43. The third-order valence-corrected chi connectivity index (χ3v) is 9.84. The maximum absolute atomic E-state index is 13.9. The molecule has 4 heterocycles. The van der Waals surface area contributed by atoms with E-state index in [9.17, 15) is 32.3 Å². The van der Waals surface area contributed by atoms with Crippen molar-refractivity contribution >= 4 is 52.2 Å². The van der Waals surface area contributed by atoms with Gasteiger partial charge in [0, 0.05) is 23.2 Å². The lowest BCUT2D eigenvalue weighted by atomic mass is 9.84. The number of methoxy groups -OCH3 is 1. The normalized spacial score (nSPS) is 19.6. The fourth-order valence-corrected chi connectivity index (χ4v) is 8.11. The van der Waals surface area contributed by atoms with E-state index in [1.54, 1.807) is 48.8 Å². The van der Waals surface area contributed by atoms with E-state index >= 15 is 0 Å². The molecule has 1 fully saturated rings. The van der Waals surface area contributed by atoms with E-state index < -0.39 is 63.7 Å². The average molecular weight is 627 g/mol. The van der Waals surface area contributed by atoms with E-state index in [0.29, 0.717) is 26.9 Å². The highest BCUT2D eigenvalue weighted by atomic mass is 32.2. The summed E-state index contributed by atoms with van der Waals surface area (Å²) in [5.74, 6) is -2.82. The highest BCUT2D eigenvalue weighted by Gasteiger charge is 2.57. The number of pyridine rings is 1. The monoisotopic (exact) mass is 626 g/mol. The van der Waals surface area contributed by atoms with E-state index in [1.807, 2.05) is 0 Å². The Balaban J connectivity index is 1.38. The number of hydrogen-bond acceptors (Lipinski definition) is 8. The minimum atomic E-state index is -4.70. The van der Waals surface area contributed by atoms with Gasteiger partial charge in [-0.25, -0.2) is 4.90 Å². The van der Waals surface area contributed by atoms with Crippen molar-refractivity contribution in [2.24, 2.45) is 5.92 Å². The number of fused-ring (bicyclic) bond motifs is 2. The topological polar surface area (TPSA) is 111 Å². The highest BCUT2D eigenvalue weighted by molar-refractivity contribution is 8.00. The Morgan fingerprint density at radius 1 is 1.02 bits per heavy atom. The molecule has 1 N–H and O–H groups in total. The maximum Gasteiger partial charge on any atom is 0.418 e. The zero-order chi connectivity index (χ0) is 30.5. The van der Waals surface area contributed by atoms with Crippen molar-refractivity contribution in [1.82, 2.24) is 9.55 Å². The summed E-state index contributed by atoms with van der Waals surface area (Å²) in [5, 5.41) is 1.64. The van der Waals surface area contributed by atoms with Crippen molar-refractivity contribution in [3.05, 3.63) is 98.7 Å². The molecular formula is C29H21F3N4O5S2. The van der Waals surface area contributed by atoms with Gasteiger partial charge in [-0.15, -0.1) is 0 Å². The average Bonchev–Trinajstić information content (AvgIpc) is 3.43. The van der Waals surface area contributed by atoms with Gasteiger partial charge in [-0.3, -0.25) is 28.7 Å². The maximum atomic E-state index is 13.9. The van der Waals surface area contributed by atoms with Gasteiger partial charge in [0.1, 0.15) is 17.5 Å². The lowest BCUT2D eigenvalue weighted by Gasteiger charge is -2.30. The number of ether oxygens (including phenoxy) is 1. The van der Waals surface area contributed by atoms with Crippen LogP contribution >= 0.6 is 23.1 Å². The number of nitrogens with one attached hydrogen (secondary N) is 1. The number of halogens is 3. The smallest absolute Gasteiger partial charge is 0.418 e. The number of carbonyl (C=O) groups excluding carboxylic acids is 3. The standard InChI is InChI=1S/C29H21F3N4O5S2/c1-41-17-10-8-16(9-11-17)36-25(38)22-21(15-5-4-12-33-13-15)24-27(42-23(22)26(36)39)35(28(40)43-24)14-20(37)34-19-7-3-2-6-18(19)29(30,31)32/h2-13,21-23H,14H2,1H3,(H,34,37)/t21-,22?,23?/m1/s1. The van der Waals surface area contributed by atoms with Crippen LogP contribution in [0.25, 0.3) is 0 Å². The van der Waals surface area contributed by atoms with Crippen LogP contribution in [0.1, 0.15) is 21.9 Å². The Labute approximate surface area is 250 Å². The van der Waals surface area contributed by atoms with Crippen molar-refractivity contribution in [2.45, 2.75) is 28.9 Å². The van der Waals surface area contributed by atoms with Crippen LogP contribution in [0.15, 0.2) is 82.9 Å². The lowest BCUT2D eigenvalue weighted by molar-refractivity contribution is -0.137. The van der Waals surface area contributed by atoms with Crippen LogP contribution in [0, 0.1) is 5.92 Å². The molecule has 2 aromatic carbocycles. The first-order chi connectivity index (χ1) is 20.6. The molecular weight excluding hydrogens is 605 g/mol. The van der Waals surface area contributed by atoms with Crippen molar-refractivity contribution in [2.75, 3.05) is 17.3 Å². The fourth-order valence-electron chi connectivity index (χ4n) is 5.33. The number of aromatic nitrogens is 2. The molecule has 9 nitrogen and oxygen atoms in total. The number of para-hydroxylation sites is 1. The SMILES string of the molecule is COc1ccc(N2C(=O)C3Sc4c(sc(=O)n4CC(=O)Nc4ccccc4C(F)(F)F)[C@H](c4cccnc4)C3C2=O)cc1. The van der Waals surface area contributed by atoms with Gasteiger partial charge in [0.15, 0.2) is 0 Å². The number of thioether (sulfide) groups is 1. The molecule has 0 saturated carbocycles. The van der Waals surface area contributed by atoms with Gasteiger partial charge in [-0.05, 0) is 48.0 Å². The molecule has 220 valence electrons. The Morgan fingerprint density at radius 2 is 1.77 bits per heavy atom. The summed E-state index contributed by atoms with van der Waals surface area (Å²) in [4.78, 5) is 59.1. The summed E-state index contributed by atoms with van der Waals surface area (Å²) in [6.07, 6.45) is -1.58. The third kappa shape index (κ3) is 5.10. The summed E-state index contributed by atoms with van der Waals surface area (Å²) >= 11 is 1.83. The van der Waals surface area contributed by atoms with Crippen molar-refractivity contribution in [3.8, 4) is 5.75 Å². The van der Waals surface area contributed by atoms with Crippen LogP contribution in [0.3, 0.4) is 0 Å². The molecule has 2 aromatic heterocycles. The minimum absolute atomic E-state index is 0.307. The number of hydrogen-bond donors (Lipinski definition) is 1. The van der Waals surface area contributed by atoms with Gasteiger partial charge < -0.3 is 10.1 Å². The van der Waals surface area contributed by atoms with Crippen molar-refractivity contribution < 1.29 is 32.3 Å². The molecule has 2 unspecified atom stereocenters. The number of nitrogens with zero attached hydrogens (tertiary/aromatic N) is 3. The van der Waals surface area contributed by atoms with Crippen LogP contribution in [0.2, 0.25) is 0 Å². The molecule has 2 aliphatic rings. The van der Waals surface area contributed by atoms with Crippen LogP contribution in [0.4, 0.5) is 24.5 Å². The van der Waals surface area contributed by atoms with Crippen LogP contribution in [0.5, 0.6) is 5.75 Å². The number of alkyl halides is 3. The van der Waals surface area contributed by atoms with Gasteiger partial charge in [0.25, 0.3) is 0 Å². The quantitative estimate of drug-likeness (QED) is 0.307.